The highest BCUT2D eigenvalue weighted by Gasteiger charge is 2.16. The van der Waals surface area contributed by atoms with Gasteiger partial charge in [0.1, 0.15) is 0 Å². The monoisotopic (exact) mass is 390 g/mol. The number of hydrogen-bond acceptors (Lipinski definition) is 0. The van der Waals surface area contributed by atoms with Crippen LogP contribution in [0.15, 0.2) is 97.1 Å². The summed E-state index contributed by atoms with van der Waals surface area (Å²) in [4.78, 5) is 0. The van der Waals surface area contributed by atoms with Crippen LogP contribution in [0.2, 0.25) is 0 Å². The third-order valence-corrected chi connectivity index (χ3v) is 6.33. The fourth-order valence-corrected chi connectivity index (χ4v) is 4.43. The van der Waals surface area contributed by atoms with Gasteiger partial charge in [-0.1, -0.05) is 104 Å². The second-order valence-corrected chi connectivity index (χ2v) is 8.33. The smallest absolute Gasteiger partial charge is 0.00666 e. The van der Waals surface area contributed by atoms with Crippen molar-refractivity contribution in [3.05, 3.63) is 142 Å². The van der Waals surface area contributed by atoms with E-state index in [-0.39, 0.29) is 0 Å². The Bertz CT molecular complexity index is 1040. The fourth-order valence-electron chi connectivity index (χ4n) is 4.43. The first-order valence-corrected chi connectivity index (χ1v) is 10.9. The first kappa shape index (κ1) is 20.2. The SMILES string of the molecule is Cc1ccccc1Cc1ccccc1C(C)c1ccccc1Cc1ccccc1C. The van der Waals surface area contributed by atoms with Crippen molar-refractivity contribution in [3.63, 3.8) is 0 Å². The van der Waals surface area contributed by atoms with Crippen molar-refractivity contribution in [2.45, 2.75) is 39.5 Å². The Balaban J connectivity index is 1.69. The molecule has 4 rings (SSSR count). The zero-order chi connectivity index (χ0) is 20.9. The molecular weight excluding hydrogens is 360 g/mol. The van der Waals surface area contributed by atoms with E-state index in [1.807, 2.05) is 0 Å². The Morgan fingerprint density at radius 3 is 1.20 bits per heavy atom. The van der Waals surface area contributed by atoms with E-state index in [2.05, 4.69) is 118 Å². The second-order valence-electron chi connectivity index (χ2n) is 8.33. The molecule has 0 N–H and O–H groups in total. The van der Waals surface area contributed by atoms with Crippen LogP contribution in [-0.4, -0.2) is 0 Å². The lowest BCUT2D eigenvalue weighted by Crippen LogP contribution is -2.06. The molecule has 0 saturated heterocycles. The van der Waals surface area contributed by atoms with Crippen molar-refractivity contribution in [1.29, 1.82) is 0 Å². The van der Waals surface area contributed by atoms with Gasteiger partial charge < -0.3 is 0 Å². The molecule has 4 aromatic rings. The first-order chi connectivity index (χ1) is 14.6. The Hall–Kier alpha value is -3.12. The van der Waals surface area contributed by atoms with E-state index in [0.717, 1.165) is 12.8 Å². The Kier molecular flexibility index (Phi) is 6.14. The van der Waals surface area contributed by atoms with Gasteiger partial charge in [-0.2, -0.15) is 0 Å². The normalized spacial score (nSPS) is 11.1. The van der Waals surface area contributed by atoms with Crippen molar-refractivity contribution in [1.82, 2.24) is 0 Å². The van der Waals surface area contributed by atoms with E-state index in [9.17, 15) is 0 Å². The van der Waals surface area contributed by atoms with Crippen molar-refractivity contribution in [3.8, 4) is 0 Å². The largest absolute Gasteiger partial charge is 0.0620 e. The van der Waals surface area contributed by atoms with Crippen LogP contribution in [0, 0.1) is 13.8 Å². The van der Waals surface area contributed by atoms with E-state index in [4.69, 9.17) is 0 Å². The van der Waals surface area contributed by atoms with Gasteiger partial charge >= 0.3 is 0 Å². The van der Waals surface area contributed by atoms with Crippen LogP contribution < -0.4 is 0 Å². The molecule has 4 aromatic carbocycles. The molecule has 0 saturated carbocycles. The Labute approximate surface area is 181 Å². The standard InChI is InChI=1S/C30H30/c1-22-12-4-6-14-25(22)20-27-16-8-10-18-29(27)24(3)30-19-11-9-17-28(30)21-26-15-7-5-13-23(26)2/h4-19,24H,20-21H2,1-3H3. The quantitative estimate of drug-likeness (QED) is 0.317. The average Bonchev–Trinajstić information content (AvgIpc) is 2.77. The molecule has 0 amide bonds. The molecule has 0 fully saturated rings. The first-order valence-electron chi connectivity index (χ1n) is 10.9. The highest BCUT2D eigenvalue weighted by molar-refractivity contribution is 5.45. The summed E-state index contributed by atoms with van der Waals surface area (Å²) in [6.07, 6.45) is 1.96. The molecule has 0 spiro atoms. The summed E-state index contributed by atoms with van der Waals surface area (Å²) >= 11 is 0. The summed E-state index contributed by atoms with van der Waals surface area (Å²) in [5, 5.41) is 0. The van der Waals surface area contributed by atoms with Gasteiger partial charge in [0.2, 0.25) is 0 Å². The molecule has 30 heavy (non-hydrogen) atoms. The molecule has 0 heterocycles. The molecule has 0 nitrogen and oxygen atoms in total. The maximum absolute atomic E-state index is 2.35. The number of benzene rings is 4. The molecule has 0 aliphatic rings. The van der Waals surface area contributed by atoms with Crippen LogP contribution in [-0.2, 0) is 12.8 Å². The van der Waals surface area contributed by atoms with E-state index in [0.29, 0.717) is 5.92 Å². The summed E-state index contributed by atoms with van der Waals surface area (Å²) < 4.78 is 0. The molecule has 0 aliphatic heterocycles. The third-order valence-electron chi connectivity index (χ3n) is 6.33. The summed E-state index contributed by atoms with van der Waals surface area (Å²) in [6.45, 7) is 6.77. The van der Waals surface area contributed by atoms with Gasteiger partial charge in [0, 0.05) is 5.92 Å². The van der Waals surface area contributed by atoms with E-state index >= 15 is 0 Å². The molecule has 0 radical (unpaired) electrons. The number of aryl methyl sites for hydroxylation is 2. The van der Waals surface area contributed by atoms with Crippen LogP contribution in [0.5, 0.6) is 0 Å². The molecule has 0 unspecified atom stereocenters. The van der Waals surface area contributed by atoms with Crippen LogP contribution in [0.4, 0.5) is 0 Å². The predicted molar refractivity (Wildman–Crippen MR) is 128 cm³/mol. The summed E-state index contributed by atoms with van der Waals surface area (Å²) in [5.74, 6) is 0.352. The topological polar surface area (TPSA) is 0 Å². The van der Waals surface area contributed by atoms with Gasteiger partial charge in [-0.05, 0) is 71.2 Å². The van der Waals surface area contributed by atoms with Crippen LogP contribution in [0.25, 0.3) is 0 Å². The minimum atomic E-state index is 0.352. The highest BCUT2D eigenvalue weighted by atomic mass is 14.2. The van der Waals surface area contributed by atoms with Crippen LogP contribution >= 0.6 is 0 Å². The van der Waals surface area contributed by atoms with Crippen molar-refractivity contribution in [2.24, 2.45) is 0 Å². The number of hydrogen-bond donors (Lipinski definition) is 0. The van der Waals surface area contributed by atoms with Crippen molar-refractivity contribution < 1.29 is 0 Å². The molecule has 0 aliphatic carbocycles. The highest BCUT2D eigenvalue weighted by Crippen LogP contribution is 2.32. The van der Waals surface area contributed by atoms with Gasteiger partial charge in [0.25, 0.3) is 0 Å². The Morgan fingerprint density at radius 2 is 0.800 bits per heavy atom. The van der Waals surface area contributed by atoms with E-state index < -0.39 is 0 Å². The molecule has 150 valence electrons. The lowest BCUT2D eigenvalue weighted by Gasteiger charge is -2.21. The molecule has 0 atom stereocenters. The Morgan fingerprint density at radius 1 is 0.467 bits per heavy atom. The minimum Gasteiger partial charge on any atom is -0.0620 e. The minimum absolute atomic E-state index is 0.352. The lowest BCUT2D eigenvalue weighted by molar-refractivity contribution is 0.878. The second kappa shape index (κ2) is 9.13. The molecular formula is C30H30. The molecule has 0 bridgehead atoms. The zero-order valence-corrected chi connectivity index (χ0v) is 18.2. The van der Waals surface area contributed by atoms with Crippen LogP contribution in [0.3, 0.4) is 0 Å². The third kappa shape index (κ3) is 4.39. The maximum atomic E-state index is 2.35. The number of rotatable bonds is 6. The maximum Gasteiger partial charge on any atom is 0.00666 e. The average molecular weight is 391 g/mol. The fraction of sp³-hybridized carbons (Fsp3) is 0.200. The summed E-state index contributed by atoms with van der Waals surface area (Å²) in [5.41, 5.74) is 11.2. The summed E-state index contributed by atoms with van der Waals surface area (Å²) in [7, 11) is 0. The van der Waals surface area contributed by atoms with Gasteiger partial charge in [-0.3, -0.25) is 0 Å². The van der Waals surface area contributed by atoms with Crippen LogP contribution in [0.1, 0.15) is 57.3 Å². The van der Waals surface area contributed by atoms with Gasteiger partial charge in [-0.25, -0.2) is 0 Å². The van der Waals surface area contributed by atoms with Gasteiger partial charge in [0.15, 0.2) is 0 Å². The molecule has 0 heteroatoms. The van der Waals surface area contributed by atoms with E-state index in [1.165, 1.54) is 44.5 Å². The van der Waals surface area contributed by atoms with Gasteiger partial charge in [0.05, 0.1) is 0 Å². The lowest BCUT2D eigenvalue weighted by atomic mass is 9.83. The zero-order valence-electron chi connectivity index (χ0n) is 18.2. The van der Waals surface area contributed by atoms with E-state index in [1.54, 1.807) is 0 Å². The van der Waals surface area contributed by atoms with Crippen molar-refractivity contribution >= 4 is 0 Å². The molecule has 0 aromatic heterocycles. The summed E-state index contributed by atoms with van der Waals surface area (Å²) in [6, 6.07) is 35.3. The van der Waals surface area contributed by atoms with Crippen molar-refractivity contribution in [2.75, 3.05) is 0 Å². The predicted octanol–water partition coefficient (Wildman–Crippen LogP) is 7.64. The van der Waals surface area contributed by atoms with Gasteiger partial charge in [-0.15, -0.1) is 0 Å².